The van der Waals surface area contributed by atoms with Crippen LogP contribution in [0.4, 0.5) is 0 Å². The van der Waals surface area contributed by atoms with Gasteiger partial charge in [0.2, 0.25) is 5.91 Å². The number of nitrogens with zero attached hydrogens (tertiary/aromatic N) is 2. The predicted octanol–water partition coefficient (Wildman–Crippen LogP) is 1.05. The quantitative estimate of drug-likeness (QED) is 0.800. The normalized spacial score (nSPS) is 20.6. The minimum absolute atomic E-state index is 0.0931. The van der Waals surface area contributed by atoms with Crippen LogP contribution in [-0.4, -0.2) is 54.0 Å². The van der Waals surface area contributed by atoms with Crippen molar-refractivity contribution < 1.29 is 4.79 Å². The highest BCUT2D eigenvalue weighted by atomic mass is 16.2. The molecule has 0 aromatic rings. The molecule has 0 saturated carbocycles. The maximum Gasteiger partial charge on any atom is 0.239 e. The van der Waals surface area contributed by atoms with Crippen LogP contribution in [0.15, 0.2) is 0 Å². The Balaban J connectivity index is 2.45. The van der Waals surface area contributed by atoms with Gasteiger partial charge in [0.1, 0.15) is 0 Å². The Labute approximate surface area is 105 Å². The molecule has 0 radical (unpaired) electrons. The Kier molecular flexibility index (Phi) is 5.40. The summed E-state index contributed by atoms with van der Waals surface area (Å²) in [4.78, 5) is 16.3. The summed E-state index contributed by atoms with van der Waals surface area (Å²) in [5.41, 5.74) is 5.80. The summed E-state index contributed by atoms with van der Waals surface area (Å²) in [7, 11) is 1.90. The van der Waals surface area contributed by atoms with Gasteiger partial charge in [0.25, 0.3) is 0 Å². The van der Waals surface area contributed by atoms with Gasteiger partial charge in [-0.3, -0.25) is 4.79 Å². The first-order valence-corrected chi connectivity index (χ1v) is 6.73. The number of nitrogens with two attached hydrogens (primary N) is 1. The molecule has 1 atom stereocenters. The van der Waals surface area contributed by atoms with Gasteiger partial charge in [0.05, 0.1) is 6.04 Å². The van der Waals surface area contributed by atoms with E-state index in [-0.39, 0.29) is 11.9 Å². The molecule has 1 saturated heterocycles. The smallest absolute Gasteiger partial charge is 0.239 e. The van der Waals surface area contributed by atoms with Crippen molar-refractivity contribution in [1.82, 2.24) is 9.80 Å². The van der Waals surface area contributed by atoms with E-state index < -0.39 is 0 Å². The highest BCUT2D eigenvalue weighted by molar-refractivity contribution is 5.81. The summed E-state index contributed by atoms with van der Waals surface area (Å²) >= 11 is 0. The molecular formula is C13H27N3O. The fourth-order valence-electron chi connectivity index (χ4n) is 2.41. The molecule has 1 heterocycles. The zero-order valence-electron chi connectivity index (χ0n) is 11.6. The second-order valence-corrected chi connectivity index (χ2v) is 5.32. The van der Waals surface area contributed by atoms with Gasteiger partial charge < -0.3 is 15.5 Å². The second kappa shape index (κ2) is 6.36. The van der Waals surface area contributed by atoms with Crippen molar-refractivity contribution in [2.75, 3.05) is 20.1 Å². The molecule has 1 aliphatic rings. The van der Waals surface area contributed by atoms with Gasteiger partial charge >= 0.3 is 0 Å². The summed E-state index contributed by atoms with van der Waals surface area (Å²) < 4.78 is 0. The first-order chi connectivity index (χ1) is 7.97. The van der Waals surface area contributed by atoms with Crippen LogP contribution in [0, 0.1) is 0 Å². The number of hydrogen-bond donors (Lipinski definition) is 1. The second-order valence-electron chi connectivity index (χ2n) is 5.32. The van der Waals surface area contributed by atoms with Crippen LogP contribution in [0.25, 0.3) is 0 Å². The van der Waals surface area contributed by atoms with Crippen molar-refractivity contribution in [3.05, 3.63) is 0 Å². The summed E-state index contributed by atoms with van der Waals surface area (Å²) in [6, 6.07) is 0.646. The van der Waals surface area contributed by atoms with Crippen molar-refractivity contribution in [1.29, 1.82) is 0 Å². The molecule has 100 valence electrons. The topological polar surface area (TPSA) is 49.6 Å². The number of hydrogen-bond acceptors (Lipinski definition) is 3. The Morgan fingerprint density at radius 1 is 1.41 bits per heavy atom. The molecule has 1 aliphatic heterocycles. The zero-order valence-corrected chi connectivity index (χ0v) is 11.6. The summed E-state index contributed by atoms with van der Waals surface area (Å²) in [5.74, 6) is 0.0931. The fourth-order valence-corrected chi connectivity index (χ4v) is 2.41. The maximum absolute atomic E-state index is 12.0. The van der Waals surface area contributed by atoms with Gasteiger partial charge in [-0.25, -0.2) is 0 Å². The summed E-state index contributed by atoms with van der Waals surface area (Å²) in [6.45, 7) is 8.57. The van der Waals surface area contributed by atoms with Crippen molar-refractivity contribution in [3.63, 3.8) is 0 Å². The van der Waals surface area contributed by atoms with Gasteiger partial charge in [-0.2, -0.15) is 0 Å². The van der Waals surface area contributed by atoms with Crippen LogP contribution in [0.5, 0.6) is 0 Å². The monoisotopic (exact) mass is 241 g/mol. The van der Waals surface area contributed by atoms with Crippen LogP contribution in [0.1, 0.15) is 40.0 Å². The van der Waals surface area contributed by atoms with E-state index in [9.17, 15) is 4.79 Å². The first-order valence-electron chi connectivity index (χ1n) is 6.73. The van der Waals surface area contributed by atoms with Crippen LogP contribution in [-0.2, 0) is 4.79 Å². The van der Waals surface area contributed by atoms with Crippen molar-refractivity contribution in [2.45, 2.75) is 58.2 Å². The Morgan fingerprint density at radius 2 is 1.94 bits per heavy atom. The number of likely N-dealkylation sites (tertiary alicyclic amines) is 1. The molecule has 0 aromatic heterocycles. The molecule has 1 fully saturated rings. The largest absolute Gasteiger partial charge is 0.341 e. The molecule has 17 heavy (non-hydrogen) atoms. The molecular weight excluding hydrogens is 214 g/mol. The minimum atomic E-state index is -0.330. The number of likely N-dealkylation sites (N-methyl/N-ethyl adjacent to an activating group) is 1. The van der Waals surface area contributed by atoms with Crippen LogP contribution in [0.3, 0.4) is 0 Å². The molecule has 0 aromatic carbocycles. The Bertz CT molecular complexity index is 247. The van der Waals surface area contributed by atoms with E-state index in [0.717, 1.165) is 25.9 Å². The van der Waals surface area contributed by atoms with Crippen molar-refractivity contribution in [3.8, 4) is 0 Å². The Hall–Kier alpha value is -0.610. The molecule has 0 aliphatic carbocycles. The van der Waals surface area contributed by atoms with Crippen LogP contribution < -0.4 is 5.73 Å². The first kappa shape index (κ1) is 14.5. The lowest BCUT2D eigenvalue weighted by atomic mass is 10.0. The predicted molar refractivity (Wildman–Crippen MR) is 70.8 cm³/mol. The third-order valence-electron chi connectivity index (χ3n) is 3.88. The van der Waals surface area contributed by atoms with E-state index >= 15 is 0 Å². The molecule has 0 unspecified atom stereocenters. The maximum atomic E-state index is 12.0. The SMILES string of the molecule is CC[C@H](N)C(=O)N(C)C1CCN(C(C)C)CC1. The molecule has 1 rings (SSSR count). The molecule has 4 nitrogen and oxygen atoms in total. The third kappa shape index (κ3) is 3.68. The number of carbonyl (C=O) groups excluding carboxylic acids is 1. The third-order valence-corrected chi connectivity index (χ3v) is 3.88. The fraction of sp³-hybridized carbons (Fsp3) is 0.923. The van der Waals surface area contributed by atoms with Crippen molar-refractivity contribution in [2.24, 2.45) is 5.73 Å². The van der Waals surface area contributed by atoms with E-state index in [0.29, 0.717) is 18.5 Å². The van der Waals surface area contributed by atoms with E-state index in [1.54, 1.807) is 0 Å². The molecule has 0 bridgehead atoms. The average molecular weight is 241 g/mol. The van der Waals surface area contributed by atoms with Gasteiger partial charge in [-0.05, 0) is 33.1 Å². The lowest BCUT2D eigenvalue weighted by molar-refractivity contribution is -0.134. The summed E-state index contributed by atoms with van der Waals surface area (Å²) in [5, 5.41) is 0. The van der Waals surface area contributed by atoms with Gasteiger partial charge in [0, 0.05) is 32.2 Å². The van der Waals surface area contributed by atoms with E-state index in [4.69, 9.17) is 5.73 Å². The molecule has 4 heteroatoms. The number of carbonyl (C=O) groups is 1. The van der Waals surface area contributed by atoms with Gasteiger partial charge in [0.15, 0.2) is 0 Å². The molecule has 1 amide bonds. The minimum Gasteiger partial charge on any atom is -0.341 e. The molecule has 0 spiro atoms. The lowest BCUT2D eigenvalue weighted by Crippen LogP contribution is -2.51. The van der Waals surface area contributed by atoms with Gasteiger partial charge in [-0.15, -0.1) is 0 Å². The summed E-state index contributed by atoms with van der Waals surface area (Å²) in [6.07, 6.45) is 2.85. The lowest BCUT2D eigenvalue weighted by Gasteiger charge is -2.39. The number of amides is 1. The zero-order chi connectivity index (χ0) is 13.0. The standard InChI is InChI=1S/C13H27N3O/c1-5-12(14)13(17)15(4)11-6-8-16(9-7-11)10(2)3/h10-12H,5-9,14H2,1-4H3/t12-/m0/s1. The number of piperidine rings is 1. The van der Waals surface area contributed by atoms with Crippen molar-refractivity contribution >= 4 is 5.91 Å². The van der Waals surface area contributed by atoms with Crippen LogP contribution >= 0.6 is 0 Å². The van der Waals surface area contributed by atoms with Gasteiger partial charge in [-0.1, -0.05) is 6.92 Å². The van der Waals surface area contributed by atoms with E-state index in [1.807, 2.05) is 18.9 Å². The Morgan fingerprint density at radius 3 is 2.35 bits per heavy atom. The number of rotatable bonds is 4. The van der Waals surface area contributed by atoms with E-state index in [1.165, 1.54) is 0 Å². The highest BCUT2D eigenvalue weighted by Crippen LogP contribution is 2.17. The van der Waals surface area contributed by atoms with E-state index in [2.05, 4.69) is 18.7 Å². The molecule has 2 N–H and O–H groups in total. The average Bonchev–Trinajstić information content (AvgIpc) is 2.36. The van der Waals surface area contributed by atoms with Crippen LogP contribution in [0.2, 0.25) is 0 Å². The highest BCUT2D eigenvalue weighted by Gasteiger charge is 2.27.